The number of carbonyl (C=O) groups is 1. The first-order valence-corrected chi connectivity index (χ1v) is 7.43. The second kappa shape index (κ2) is 8.70. The van der Waals surface area contributed by atoms with Crippen LogP contribution in [0.3, 0.4) is 0 Å². The summed E-state index contributed by atoms with van der Waals surface area (Å²) in [5, 5.41) is 8.47. The van der Waals surface area contributed by atoms with Crippen LogP contribution in [0, 0.1) is 0 Å². The molecule has 0 aliphatic rings. The van der Waals surface area contributed by atoms with E-state index in [1.165, 1.54) is 6.21 Å². The number of amides is 1. The van der Waals surface area contributed by atoms with E-state index in [2.05, 4.69) is 15.7 Å². The van der Waals surface area contributed by atoms with Crippen molar-refractivity contribution in [2.75, 3.05) is 6.61 Å². The normalized spacial score (nSPS) is 11.5. The first-order chi connectivity index (χ1) is 11.2. The molecule has 23 heavy (non-hydrogen) atoms. The van der Waals surface area contributed by atoms with Crippen LogP contribution in [0.25, 0.3) is 0 Å². The maximum absolute atomic E-state index is 12.1. The van der Waals surface area contributed by atoms with Gasteiger partial charge in [-0.3, -0.25) is 4.79 Å². The molecule has 0 aromatic heterocycles. The van der Waals surface area contributed by atoms with Gasteiger partial charge in [0.1, 0.15) is 12.3 Å². The lowest BCUT2D eigenvalue weighted by atomic mass is 10.1. The molecule has 0 spiro atoms. The van der Waals surface area contributed by atoms with E-state index in [0.29, 0.717) is 28.5 Å². The van der Waals surface area contributed by atoms with Crippen LogP contribution < -0.4 is 5.43 Å². The molecule has 0 fully saturated rings. The third-order valence-corrected chi connectivity index (χ3v) is 3.05. The molecule has 0 bridgehead atoms. The summed E-state index contributed by atoms with van der Waals surface area (Å²) in [7, 11) is 0. The van der Waals surface area contributed by atoms with Crippen LogP contribution in [0.1, 0.15) is 22.8 Å². The van der Waals surface area contributed by atoms with Crippen molar-refractivity contribution in [3.8, 4) is 0 Å². The van der Waals surface area contributed by atoms with Crippen molar-refractivity contribution in [2.24, 2.45) is 10.3 Å². The maximum Gasteiger partial charge on any atom is 0.271 e. The molecule has 2 aromatic carbocycles. The second-order valence-electron chi connectivity index (χ2n) is 4.47. The molecule has 2 aromatic rings. The van der Waals surface area contributed by atoms with E-state index >= 15 is 0 Å². The zero-order chi connectivity index (χ0) is 16.5. The summed E-state index contributed by atoms with van der Waals surface area (Å²) < 4.78 is 0. The van der Waals surface area contributed by atoms with Crippen LogP contribution in [-0.4, -0.2) is 24.4 Å². The Bertz CT molecular complexity index is 715. The summed E-state index contributed by atoms with van der Waals surface area (Å²) in [6.07, 6.45) is 1.43. The number of hydrogen-bond acceptors (Lipinski definition) is 4. The summed E-state index contributed by atoms with van der Waals surface area (Å²) in [6, 6.07) is 15.9. The second-order valence-corrected chi connectivity index (χ2v) is 4.90. The topological polar surface area (TPSA) is 63.1 Å². The smallest absolute Gasteiger partial charge is 0.271 e. The number of nitrogens with zero attached hydrogens (tertiary/aromatic N) is 2. The Morgan fingerprint density at radius 3 is 2.61 bits per heavy atom. The minimum Gasteiger partial charge on any atom is -0.396 e. The maximum atomic E-state index is 12.1. The van der Waals surface area contributed by atoms with Crippen molar-refractivity contribution < 1.29 is 9.63 Å². The van der Waals surface area contributed by atoms with Gasteiger partial charge in [0.05, 0.1) is 6.21 Å². The van der Waals surface area contributed by atoms with Gasteiger partial charge in [-0.1, -0.05) is 47.1 Å². The monoisotopic (exact) mass is 329 g/mol. The Morgan fingerprint density at radius 2 is 1.91 bits per heavy atom. The average Bonchev–Trinajstić information content (AvgIpc) is 2.58. The molecule has 0 aliphatic carbocycles. The van der Waals surface area contributed by atoms with Crippen molar-refractivity contribution in [3.63, 3.8) is 0 Å². The highest BCUT2D eigenvalue weighted by molar-refractivity contribution is 6.39. The van der Waals surface area contributed by atoms with Crippen molar-refractivity contribution in [2.45, 2.75) is 6.92 Å². The van der Waals surface area contributed by atoms with Gasteiger partial charge >= 0.3 is 0 Å². The standard InChI is InChI=1S/C17H16ClN3O2/c1-2-23-19-12-16(14-9-6-10-15(18)11-14)20-21-17(22)13-7-4-3-5-8-13/h3-12H,2H2,1H3,(H,21,22). The van der Waals surface area contributed by atoms with E-state index < -0.39 is 0 Å². The zero-order valence-electron chi connectivity index (χ0n) is 12.6. The minimum absolute atomic E-state index is 0.310. The number of rotatable bonds is 6. The SMILES string of the molecule is CCON=CC(=NNC(=O)c1ccccc1)c1cccc(Cl)c1. The number of nitrogens with one attached hydrogen (secondary N) is 1. The van der Waals surface area contributed by atoms with Gasteiger partial charge in [0.25, 0.3) is 5.91 Å². The molecular weight excluding hydrogens is 314 g/mol. The molecule has 1 N–H and O–H groups in total. The van der Waals surface area contributed by atoms with E-state index in [9.17, 15) is 4.79 Å². The van der Waals surface area contributed by atoms with Crippen LogP contribution in [-0.2, 0) is 4.84 Å². The summed E-state index contributed by atoms with van der Waals surface area (Å²) in [4.78, 5) is 17.0. The van der Waals surface area contributed by atoms with Crippen molar-refractivity contribution >= 4 is 29.4 Å². The predicted octanol–water partition coefficient (Wildman–Crippen LogP) is 3.50. The highest BCUT2D eigenvalue weighted by Crippen LogP contribution is 2.11. The van der Waals surface area contributed by atoms with Crippen LogP contribution in [0.2, 0.25) is 5.02 Å². The third-order valence-electron chi connectivity index (χ3n) is 2.81. The van der Waals surface area contributed by atoms with Gasteiger partial charge in [-0.25, -0.2) is 5.43 Å². The van der Waals surface area contributed by atoms with Gasteiger partial charge in [-0.15, -0.1) is 0 Å². The average molecular weight is 330 g/mol. The molecule has 6 heteroatoms. The van der Waals surface area contributed by atoms with E-state index in [-0.39, 0.29) is 5.91 Å². The van der Waals surface area contributed by atoms with Gasteiger partial charge in [-0.05, 0) is 31.2 Å². The first kappa shape index (κ1) is 16.7. The van der Waals surface area contributed by atoms with Gasteiger partial charge in [0.15, 0.2) is 0 Å². The Balaban J connectivity index is 2.21. The third kappa shape index (κ3) is 5.23. The summed E-state index contributed by atoms with van der Waals surface area (Å²) in [5.41, 5.74) is 4.17. The van der Waals surface area contributed by atoms with Crippen LogP contribution in [0.4, 0.5) is 0 Å². The number of oxime groups is 1. The van der Waals surface area contributed by atoms with Gasteiger partial charge in [-0.2, -0.15) is 5.10 Å². The molecule has 0 radical (unpaired) electrons. The highest BCUT2D eigenvalue weighted by Gasteiger charge is 2.06. The van der Waals surface area contributed by atoms with E-state index in [0.717, 1.165) is 0 Å². The number of carbonyl (C=O) groups excluding carboxylic acids is 1. The molecule has 0 saturated heterocycles. The van der Waals surface area contributed by atoms with E-state index in [1.807, 2.05) is 19.1 Å². The molecular formula is C17H16ClN3O2. The molecule has 1 amide bonds. The van der Waals surface area contributed by atoms with E-state index in [4.69, 9.17) is 16.4 Å². The van der Waals surface area contributed by atoms with Crippen molar-refractivity contribution in [3.05, 3.63) is 70.7 Å². The van der Waals surface area contributed by atoms with Crippen LogP contribution in [0.5, 0.6) is 0 Å². The Kier molecular flexibility index (Phi) is 6.32. The fraction of sp³-hybridized carbons (Fsp3) is 0.118. The molecule has 0 heterocycles. The minimum atomic E-state index is -0.310. The fourth-order valence-corrected chi connectivity index (χ4v) is 1.93. The number of hydrogen-bond donors (Lipinski definition) is 1. The quantitative estimate of drug-likeness (QED) is 0.651. The lowest BCUT2D eigenvalue weighted by Gasteiger charge is -2.04. The van der Waals surface area contributed by atoms with E-state index in [1.54, 1.807) is 42.5 Å². The Morgan fingerprint density at radius 1 is 1.17 bits per heavy atom. The number of hydrazone groups is 1. The molecule has 5 nitrogen and oxygen atoms in total. The Hall–Kier alpha value is -2.66. The van der Waals surface area contributed by atoms with Gasteiger partial charge in [0, 0.05) is 16.1 Å². The zero-order valence-corrected chi connectivity index (χ0v) is 13.3. The summed E-state index contributed by atoms with van der Waals surface area (Å²) in [5.74, 6) is -0.310. The molecule has 0 atom stereocenters. The van der Waals surface area contributed by atoms with Crippen molar-refractivity contribution in [1.82, 2.24) is 5.43 Å². The van der Waals surface area contributed by atoms with Gasteiger partial charge in [0.2, 0.25) is 0 Å². The summed E-state index contributed by atoms with van der Waals surface area (Å²) in [6.45, 7) is 2.26. The lowest BCUT2D eigenvalue weighted by Crippen LogP contribution is -2.20. The molecule has 0 saturated carbocycles. The molecule has 0 unspecified atom stereocenters. The molecule has 0 aliphatic heterocycles. The molecule has 2 rings (SSSR count). The van der Waals surface area contributed by atoms with Crippen LogP contribution >= 0.6 is 11.6 Å². The largest absolute Gasteiger partial charge is 0.396 e. The molecule has 118 valence electrons. The Labute approximate surface area is 139 Å². The first-order valence-electron chi connectivity index (χ1n) is 7.05. The number of benzene rings is 2. The van der Waals surface area contributed by atoms with Crippen molar-refractivity contribution in [1.29, 1.82) is 0 Å². The lowest BCUT2D eigenvalue weighted by molar-refractivity contribution is 0.0955. The van der Waals surface area contributed by atoms with Gasteiger partial charge < -0.3 is 4.84 Å². The number of halogens is 1. The van der Waals surface area contributed by atoms with Crippen LogP contribution in [0.15, 0.2) is 64.9 Å². The summed E-state index contributed by atoms with van der Waals surface area (Å²) >= 11 is 5.99. The predicted molar refractivity (Wildman–Crippen MR) is 92.0 cm³/mol. The highest BCUT2D eigenvalue weighted by atomic mass is 35.5. The fourth-order valence-electron chi connectivity index (χ4n) is 1.74.